The molecule has 0 bridgehead atoms. The summed E-state index contributed by atoms with van der Waals surface area (Å²) in [5, 5.41) is 0. The van der Waals surface area contributed by atoms with Crippen molar-refractivity contribution in [2.45, 2.75) is 0 Å². The van der Waals surface area contributed by atoms with Crippen LogP contribution in [0.5, 0.6) is 5.75 Å². The summed E-state index contributed by atoms with van der Waals surface area (Å²) in [7, 11) is 0. The molecule has 0 saturated heterocycles. The van der Waals surface area contributed by atoms with Gasteiger partial charge in [0.25, 0.3) is 0 Å². The molecule has 0 N–H and O–H groups in total. The Morgan fingerprint density at radius 1 is 0.640 bits per heavy atom. The van der Waals surface area contributed by atoms with Crippen LogP contribution in [-0.4, -0.2) is 11.8 Å². The maximum Gasteiger partial charge on any atom is 0.343 e. The first-order valence-electron chi connectivity index (χ1n) is 7.66. The normalized spacial score (nSPS) is 10.1. The van der Waals surface area contributed by atoms with Crippen LogP contribution in [0, 0.1) is 0 Å². The summed E-state index contributed by atoms with van der Waals surface area (Å²) in [6.45, 7) is 0. The van der Waals surface area contributed by atoms with Gasteiger partial charge >= 0.3 is 5.97 Å². The molecule has 0 saturated carbocycles. The lowest BCUT2D eigenvalue weighted by Gasteiger charge is -2.07. The molecular formula is C21H14O4. The zero-order chi connectivity index (χ0) is 17.6. The lowest BCUT2D eigenvalue weighted by atomic mass is 10.0. The highest BCUT2D eigenvalue weighted by atomic mass is 16.5. The van der Waals surface area contributed by atoms with Gasteiger partial charge in [-0.15, -0.1) is 0 Å². The van der Waals surface area contributed by atoms with Crippen molar-refractivity contribution in [1.82, 2.24) is 0 Å². The summed E-state index contributed by atoms with van der Waals surface area (Å²) < 4.78 is 5.39. The minimum absolute atomic E-state index is 0.0461. The summed E-state index contributed by atoms with van der Waals surface area (Å²) in [5.74, 6) is -0.877. The molecule has 0 radical (unpaired) electrons. The van der Waals surface area contributed by atoms with E-state index < -0.39 is 5.97 Å². The van der Waals surface area contributed by atoms with Crippen molar-refractivity contribution >= 4 is 11.8 Å². The van der Waals surface area contributed by atoms with Crippen molar-refractivity contribution in [1.29, 1.82) is 0 Å². The van der Waals surface area contributed by atoms with E-state index in [1.807, 2.05) is 0 Å². The van der Waals surface area contributed by atoms with E-state index in [0.717, 1.165) is 0 Å². The molecule has 0 aliphatic heterocycles. The summed E-state index contributed by atoms with van der Waals surface area (Å²) in [6, 6.07) is 22.3. The fourth-order valence-corrected chi connectivity index (χ4v) is 2.31. The highest BCUT2D eigenvalue weighted by Crippen LogP contribution is 2.21. The Hall–Kier alpha value is -3.53. The second-order valence-corrected chi connectivity index (χ2v) is 5.30. The van der Waals surface area contributed by atoms with Gasteiger partial charge in [-0.3, -0.25) is 9.59 Å². The smallest absolute Gasteiger partial charge is 0.343 e. The molecule has 0 aliphatic carbocycles. The third kappa shape index (κ3) is 3.87. The first-order chi connectivity index (χ1) is 12.1. The molecule has 0 heterocycles. The SMILES string of the molecule is O=C(Oc1ccc(=O)ccc1C(=O)c1ccccc1)c1ccccc1. The number of ketones is 1. The van der Waals surface area contributed by atoms with Gasteiger partial charge < -0.3 is 4.74 Å². The Balaban J connectivity index is 2.02. The third-order valence-electron chi connectivity index (χ3n) is 3.57. The average Bonchev–Trinajstić information content (AvgIpc) is 2.84. The molecular weight excluding hydrogens is 316 g/mol. The predicted octanol–water partition coefficient (Wildman–Crippen LogP) is 3.50. The molecule has 0 aromatic heterocycles. The molecule has 0 unspecified atom stereocenters. The highest BCUT2D eigenvalue weighted by molar-refractivity contribution is 6.11. The highest BCUT2D eigenvalue weighted by Gasteiger charge is 2.17. The Labute approximate surface area is 144 Å². The zero-order valence-corrected chi connectivity index (χ0v) is 13.2. The predicted molar refractivity (Wildman–Crippen MR) is 94.0 cm³/mol. The van der Waals surface area contributed by atoms with Crippen LogP contribution in [0.3, 0.4) is 0 Å². The van der Waals surface area contributed by atoms with Crippen molar-refractivity contribution in [2.24, 2.45) is 0 Å². The summed E-state index contributed by atoms with van der Waals surface area (Å²) in [5.41, 5.74) is 0.661. The van der Waals surface area contributed by atoms with Crippen LogP contribution >= 0.6 is 0 Å². The molecule has 0 atom stereocenters. The van der Waals surface area contributed by atoms with E-state index in [-0.39, 0.29) is 22.5 Å². The van der Waals surface area contributed by atoms with E-state index in [2.05, 4.69) is 0 Å². The van der Waals surface area contributed by atoms with Crippen LogP contribution in [0.25, 0.3) is 0 Å². The van der Waals surface area contributed by atoms with Gasteiger partial charge in [0.1, 0.15) is 5.75 Å². The maximum absolute atomic E-state index is 12.7. The average molecular weight is 330 g/mol. The van der Waals surface area contributed by atoms with E-state index in [9.17, 15) is 14.4 Å². The van der Waals surface area contributed by atoms with Gasteiger partial charge in [-0.2, -0.15) is 0 Å². The Morgan fingerprint density at radius 2 is 1.20 bits per heavy atom. The molecule has 0 amide bonds. The number of esters is 1. The molecule has 0 fully saturated rings. The van der Waals surface area contributed by atoms with E-state index in [0.29, 0.717) is 11.1 Å². The second-order valence-electron chi connectivity index (χ2n) is 5.30. The Kier molecular flexibility index (Phi) is 4.81. The van der Waals surface area contributed by atoms with E-state index in [4.69, 9.17) is 4.74 Å². The lowest BCUT2D eigenvalue weighted by Crippen LogP contribution is -2.11. The summed E-state index contributed by atoms with van der Waals surface area (Å²) in [4.78, 5) is 36.7. The van der Waals surface area contributed by atoms with E-state index in [1.165, 1.54) is 24.3 Å². The van der Waals surface area contributed by atoms with Crippen LogP contribution in [0.2, 0.25) is 0 Å². The van der Waals surface area contributed by atoms with E-state index in [1.54, 1.807) is 60.7 Å². The van der Waals surface area contributed by atoms with Crippen LogP contribution in [0.1, 0.15) is 26.3 Å². The number of benzene rings is 2. The molecule has 3 aromatic rings. The van der Waals surface area contributed by atoms with E-state index >= 15 is 0 Å². The molecule has 122 valence electrons. The van der Waals surface area contributed by atoms with Crippen LogP contribution in [0.15, 0.2) is 89.7 Å². The van der Waals surface area contributed by atoms with Gasteiger partial charge in [0.05, 0.1) is 11.1 Å². The van der Waals surface area contributed by atoms with Crippen molar-refractivity contribution in [3.63, 3.8) is 0 Å². The number of hydrogen-bond donors (Lipinski definition) is 0. The molecule has 3 aromatic carbocycles. The Bertz CT molecular complexity index is 964. The molecule has 4 nitrogen and oxygen atoms in total. The van der Waals surface area contributed by atoms with Crippen LogP contribution in [0.4, 0.5) is 0 Å². The first-order valence-corrected chi connectivity index (χ1v) is 7.66. The summed E-state index contributed by atoms with van der Waals surface area (Å²) in [6.07, 6.45) is 0. The van der Waals surface area contributed by atoms with Crippen molar-refractivity contribution in [3.05, 3.63) is 112 Å². The molecule has 0 aliphatic rings. The third-order valence-corrected chi connectivity index (χ3v) is 3.57. The monoisotopic (exact) mass is 330 g/mol. The van der Waals surface area contributed by atoms with Crippen molar-refractivity contribution < 1.29 is 14.3 Å². The minimum atomic E-state index is -0.596. The van der Waals surface area contributed by atoms with Gasteiger partial charge in [-0.25, -0.2) is 4.79 Å². The van der Waals surface area contributed by atoms with Gasteiger partial charge in [-0.1, -0.05) is 48.5 Å². The lowest BCUT2D eigenvalue weighted by molar-refractivity contribution is 0.0733. The molecule has 3 rings (SSSR count). The molecule has 4 heteroatoms. The molecule has 25 heavy (non-hydrogen) atoms. The first kappa shape index (κ1) is 16.3. The maximum atomic E-state index is 12.7. The largest absolute Gasteiger partial charge is 0.422 e. The van der Waals surface area contributed by atoms with Crippen LogP contribution in [-0.2, 0) is 0 Å². The number of carbonyl (C=O) groups is 2. The fourth-order valence-electron chi connectivity index (χ4n) is 2.31. The van der Waals surface area contributed by atoms with Gasteiger partial charge in [0.2, 0.25) is 0 Å². The van der Waals surface area contributed by atoms with Crippen molar-refractivity contribution in [3.8, 4) is 5.75 Å². The minimum Gasteiger partial charge on any atom is -0.422 e. The zero-order valence-electron chi connectivity index (χ0n) is 13.2. The standard InChI is InChI=1S/C21H14O4/c22-17-11-13-18(20(23)15-7-3-1-4-8-15)19(14-12-17)25-21(24)16-9-5-2-6-10-16/h1-14H. The van der Waals surface area contributed by atoms with Gasteiger partial charge in [0.15, 0.2) is 11.2 Å². The van der Waals surface area contributed by atoms with Crippen LogP contribution < -0.4 is 10.2 Å². The number of ether oxygens (including phenoxy) is 1. The topological polar surface area (TPSA) is 60.4 Å². The number of carbonyl (C=O) groups excluding carboxylic acids is 2. The molecule has 0 spiro atoms. The van der Waals surface area contributed by atoms with Crippen molar-refractivity contribution in [2.75, 3.05) is 0 Å². The Morgan fingerprint density at radius 3 is 1.84 bits per heavy atom. The quantitative estimate of drug-likeness (QED) is 0.543. The van der Waals surface area contributed by atoms with Gasteiger partial charge in [0, 0.05) is 5.56 Å². The summed E-state index contributed by atoms with van der Waals surface area (Å²) >= 11 is 0. The van der Waals surface area contributed by atoms with Gasteiger partial charge in [-0.05, 0) is 36.4 Å². The number of hydrogen-bond acceptors (Lipinski definition) is 4. The number of rotatable bonds is 4. The fraction of sp³-hybridized carbons (Fsp3) is 0. The second kappa shape index (κ2) is 7.36.